The van der Waals surface area contributed by atoms with Crippen molar-refractivity contribution in [2.75, 3.05) is 7.11 Å². The van der Waals surface area contributed by atoms with Crippen molar-refractivity contribution in [3.05, 3.63) is 30.0 Å². The maximum atomic E-state index is 5.69. The molecule has 0 saturated carbocycles. The maximum absolute atomic E-state index is 5.69. The van der Waals surface area contributed by atoms with Crippen LogP contribution in [0.15, 0.2) is 24.3 Å². The number of nitrogens with two attached hydrogens (primary N) is 1. The minimum Gasteiger partial charge on any atom is -0.496 e. The van der Waals surface area contributed by atoms with Gasteiger partial charge in [-0.1, -0.05) is 17.3 Å². The van der Waals surface area contributed by atoms with Crippen LogP contribution in [-0.2, 0) is 13.1 Å². The Morgan fingerprint density at radius 1 is 1.35 bits per heavy atom. The zero-order valence-electron chi connectivity index (χ0n) is 10.1. The van der Waals surface area contributed by atoms with E-state index in [2.05, 4.69) is 10.3 Å². The summed E-state index contributed by atoms with van der Waals surface area (Å²) in [6.07, 6.45) is 0. The lowest BCUT2D eigenvalue weighted by atomic mass is 10.1. The summed E-state index contributed by atoms with van der Waals surface area (Å²) in [4.78, 5) is 0. The predicted molar refractivity (Wildman–Crippen MR) is 65.6 cm³/mol. The Morgan fingerprint density at radius 2 is 2.12 bits per heavy atom. The standard InChI is InChI=1S/C12H16N4O/c1-3-16-12(10(8-13)14-15-16)9-6-4-5-7-11(9)17-2/h4-7H,3,8,13H2,1-2H3. The molecule has 2 rings (SSSR count). The third kappa shape index (κ3) is 2.01. The molecule has 0 aliphatic heterocycles. The van der Waals surface area contributed by atoms with E-state index in [1.807, 2.05) is 35.9 Å². The molecular formula is C12H16N4O. The van der Waals surface area contributed by atoms with Gasteiger partial charge in [0.05, 0.1) is 12.8 Å². The van der Waals surface area contributed by atoms with Crippen LogP contribution in [0.3, 0.4) is 0 Å². The summed E-state index contributed by atoms with van der Waals surface area (Å²) in [6, 6.07) is 7.81. The quantitative estimate of drug-likeness (QED) is 0.866. The monoisotopic (exact) mass is 232 g/mol. The molecule has 2 N–H and O–H groups in total. The van der Waals surface area contributed by atoms with Crippen LogP contribution < -0.4 is 10.5 Å². The average Bonchev–Trinajstić information content (AvgIpc) is 2.81. The van der Waals surface area contributed by atoms with E-state index in [1.165, 1.54) is 0 Å². The molecule has 0 saturated heterocycles. The van der Waals surface area contributed by atoms with Gasteiger partial charge in [-0.05, 0) is 19.1 Å². The van der Waals surface area contributed by atoms with Gasteiger partial charge in [0.25, 0.3) is 0 Å². The van der Waals surface area contributed by atoms with Crippen molar-refractivity contribution in [2.45, 2.75) is 20.0 Å². The number of nitrogens with zero attached hydrogens (tertiary/aromatic N) is 3. The summed E-state index contributed by atoms with van der Waals surface area (Å²) < 4.78 is 7.19. The first-order chi connectivity index (χ1) is 8.31. The Bertz CT molecular complexity index is 485. The van der Waals surface area contributed by atoms with E-state index in [1.54, 1.807) is 7.11 Å². The lowest BCUT2D eigenvalue weighted by Crippen LogP contribution is -2.03. The van der Waals surface area contributed by atoms with Crippen molar-refractivity contribution in [3.8, 4) is 17.0 Å². The number of aromatic nitrogens is 3. The highest BCUT2D eigenvalue weighted by atomic mass is 16.5. The lowest BCUT2D eigenvalue weighted by molar-refractivity contribution is 0.416. The van der Waals surface area contributed by atoms with Crippen molar-refractivity contribution in [3.63, 3.8) is 0 Å². The van der Waals surface area contributed by atoms with Crippen LogP contribution in [0.2, 0.25) is 0 Å². The summed E-state index contributed by atoms with van der Waals surface area (Å²) in [6.45, 7) is 3.14. The number of aryl methyl sites for hydroxylation is 1. The normalized spacial score (nSPS) is 10.5. The summed E-state index contributed by atoms with van der Waals surface area (Å²) in [5, 5.41) is 8.18. The summed E-state index contributed by atoms with van der Waals surface area (Å²) in [7, 11) is 1.65. The first kappa shape index (κ1) is 11.6. The Labute approximate surface area is 100 Å². The van der Waals surface area contributed by atoms with Gasteiger partial charge >= 0.3 is 0 Å². The largest absolute Gasteiger partial charge is 0.496 e. The second-order valence-electron chi connectivity index (χ2n) is 3.60. The summed E-state index contributed by atoms with van der Waals surface area (Å²) in [5.74, 6) is 0.805. The number of hydrogen-bond donors (Lipinski definition) is 1. The van der Waals surface area contributed by atoms with Crippen LogP contribution in [0.4, 0.5) is 0 Å². The van der Waals surface area contributed by atoms with Gasteiger partial charge in [-0.2, -0.15) is 0 Å². The summed E-state index contributed by atoms with van der Waals surface area (Å²) in [5.41, 5.74) is 8.39. The third-order valence-electron chi connectivity index (χ3n) is 2.66. The fourth-order valence-electron chi connectivity index (χ4n) is 1.84. The SMILES string of the molecule is CCn1nnc(CN)c1-c1ccccc1OC. The number of para-hydroxylation sites is 1. The van der Waals surface area contributed by atoms with Gasteiger partial charge in [-0.25, -0.2) is 4.68 Å². The molecule has 0 aliphatic rings. The Kier molecular flexibility index (Phi) is 3.39. The number of hydrogen-bond acceptors (Lipinski definition) is 4. The molecule has 0 amide bonds. The number of benzene rings is 1. The van der Waals surface area contributed by atoms with Gasteiger partial charge in [-0.15, -0.1) is 5.10 Å². The van der Waals surface area contributed by atoms with E-state index in [0.29, 0.717) is 6.54 Å². The first-order valence-electron chi connectivity index (χ1n) is 5.57. The van der Waals surface area contributed by atoms with E-state index < -0.39 is 0 Å². The second kappa shape index (κ2) is 4.97. The number of ether oxygens (including phenoxy) is 1. The van der Waals surface area contributed by atoms with Crippen molar-refractivity contribution in [1.82, 2.24) is 15.0 Å². The highest BCUT2D eigenvalue weighted by Crippen LogP contribution is 2.30. The molecular weight excluding hydrogens is 216 g/mol. The molecule has 1 heterocycles. The fourth-order valence-corrected chi connectivity index (χ4v) is 1.84. The molecule has 1 aromatic heterocycles. The van der Waals surface area contributed by atoms with Crippen molar-refractivity contribution in [1.29, 1.82) is 0 Å². The molecule has 90 valence electrons. The smallest absolute Gasteiger partial charge is 0.128 e. The van der Waals surface area contributed by atoms with Crippen LogP contribution in [-0.4, -0.2) is 22.1 Å². The third-order valence-corrected chi connectivity index (χ3v) is 2.66. The first-order valence-corrected chi connectivity index (χ1v) is 5.57. The predicted octanol–water partition coefficient (Wildman–Crippen LogP) is 1.43. The minimum absolute atomic E-state index is 0.368. The van der Waals surface area contributed by atoms with Crippen LogP contribution >= 0.6 is 0 Å². The molecule has 0 spiro atoms. The van der Waals surface area contributed by atoms with E-state index in [4.69, 9.17) is 10.5 Å². The van der Waals surface area contributed by atoms with Crippen LogP contribution in [0.5, 0.6) is 5.75 Å². The minimum atomic E-state index is 0.368. The lowest BCUT2D eigenvalue weighted by Gasteiger charge is -2.10. The number of rotatable bonds is 4. The molecule has 0 bridgehead atoms. The molecule has 1 aromatic carbocycles. The molecule has 0 fully saturated rings. The van der Waals surface area contributed by atoms with E-state index >= 15 is 0 Å². The molecule has 5 nitrogen and oxygen atoms in total. The molecule has 0 unspecified atom stereocenters. The Morgan fingerprint density at radius 3 is 2.76 bits per heavy atom. The molecule has 17 heavy (non-hydrogen) atoms. The van der Waals surface area contributed by atoms with Crippen LogP contribution in [0.1, 0.15) is 12.6 Å². The van der Waals surface area contributed by atoms with Crippen LogP contribution in [0, 0.1) is 0 Å². The second-order valence-corrected chi connectivity index (χ2v) is 3.60. The van der Waals surface area contributed by atoms with E-state index in [9.17, 15) is 0 Å². The zero-order valence-corrected chi connectivity index (χ0v) is 10.1. The van der Waals surface area contributed by atoms with E-state index in [-0.39, 0.29) is 0 Å². The van der Waals surface area contributed by atoms with Crippen molar-refractivity contribution >= 4 is 0 Å². The molecule has 5 heteroatoms. The van der Waals surface area contributed by atoms with Gasteiger partial charge in [0, 0.05) is 18.7 Å². The van der Waals surface area contributed by atoms with Gasteiger partial charge in [0.15, 0.2) is 0 Å². The fraction of sp³-hybridized carbons (Fsp3) is 0.333. The van der Waals surface area contributed by atoms with Crippen molar-refractivity contribution in [2.24, 2.45) is 5.73 Å². The average molecular weight is 232 g/mol. The van der Waals surface area contributed by atoms with Gasteiger partial charge < -0.3 is 10.5 Å². The highest BCUT2D eigenvalue weighted by molar-refractivity contribution is 5.69. The topological polar surface area (TPSA) is 66.0 Å². The van der Waals surface area contributed by atoms with Crippen molar-refractivity contribution < 1.29 is 4.74 Å². The zero-order chi connectivity index (χ0) is 12.3. The molecule has 0 atom stereocenters. The Balaban J connectivity index is 2.62. The van der Waals surface area contributed by atoms with Crippen LogP contribution in [0.25, 0.3) is 11.3 Å². The highest BCUT2D eigenvalue weighted by Gasteiger charge is 2.16. The maximum Gasteiger partial charge on any atom is 0.128 e. The molecule has 0 aliphatic carbocycles. The van der Waals surface area contributed by atoms with E-state index in [0.717, 1.165) is 29.2 Å². The van der Waals surface area contributed by atoms with Gasteiger partial charge in [0.1, 0.15) is 11.4 Å². The van der Waals surface area contributed by atoms with Gasteiger partial charge in [-0.3, -0.25) is 0 Å². The molecule has 0 radical (unpaired) electrons. The number of methoxy groups -OCH3 is 1. The summed E-state index contributed by atoms with van der Waals surface area (Å²) >= 11 is 0. The Hall–Kier alpha value is -1.88. The molecule has 2 aromatic rings. The van der Waals surface area contributed by atoms with Gasteiger partial charge in [0.2, 0.25) is 0 Å².